The number of halogens is 3. The number of sulfonamides is 2. The molecule has 0 aliphatic carbocycles. The number of rotatable bonds is 11. The molecule has 0 aliphatic rings. The van der Waals surface area contributed by atoms with E-state index in [1.165, 1.54) is 50.2 Å². The van der Waals surface area contributed by atoms with E-state index in [2.05, 4.69) is 4.98 Å². The van der Waals surface area contributed by atoms with Gasteiger partial charge in [-0.05, 0) is 50.2 Å². The van der Waals surface area contributed by atoms with Gasteiger partial charge in [-0.2, -0.15) is 13.2 Å². The van der Waals surface area contributed by atoms with Crippen molar-refractivity contribution < 1.29 is 44.3 Å². The van der Waals surface area contributed by atoms with E-state index in [-0.39, 0.29) is 51.5 Å². The lowest BCUT2D eigenvalue weighted by Crippen LogP contribution is -2.35. The van der Waals surface area contributed by atoms with Crippen LogP contribution >= 0.6 is 0 Å². The number of hydrogen-bond acceptors (Lipinski definition) is 8. The van der Waals surface area contributed by atoms with Gasteiger partial charge in [0.1, 0.15) is 0 Å². The van der Waals surface area contributed by atoms with Crippen molar-refractivity contribution in [3.63, 3.8) is 0 Å². The van der Waals surface area contributed by atoms with Crippen LogP contribution in [0.5, 0.6) is 0 Å². The summed E-state index contributed by atoms with van der Waals surface area (Å²) < 4.78 is 100. The molecule has 0 N–H and O–H groups in total. The number of carbonyl (C=O) groups excluding carboxylic acids is 2. The zero-order valence-electron chi connectivity index (χ0n) is 22.6. The van der Waals surface area contributed by atoms with Gasteiger partial charge >= 0.3 is 6.18 Å². The van der Waals surface area contributed by atoms with Crippen LogP contribution in [0.15, 0.2) is 88.8 Å². The minimum absolute atomic E-state index is 0.0289. The standard InChI is InChI=1S/C28H24F3N3O7S2/c1-3-33(42(37,38)23-14-10-21(11-15-23)28(29,30)31)26-16-32-27(25-7-5-4-6-24(25)26)34(17-41-18-35)43(39,40)22-12-8-20(9-13-22)19(2)36/h4-16,18H,3,17H2,1-2H3. The van der Waals surface area contributed by atoms with Crippen molar-refractivity contribution in [3.8, 4) is 0 Å². The van der Waals surface area contributed by atoms with Gasteiger partial charge in [0.05, 0.1) is 27.2 Å². The van der Waals surface area contributed by atoms with Crippen LogP contribution in [0.2, 0.25) is 0 Å². The molecule has 15 heteroatoms. The Morgan fingerprint density at radius 2 is 1.40 bits per heavy atom. The molecule has 4 rings (SSSR count). The summed E-state index contributed by atoms with van der Waals surface area (Å²) in [5.41, 5.74) is -0.710. The van der Waals surface area contributed by atoms with Gasteiger partial charge in [0.2, 0.25) is 0 Å². The molecule has 10 nitrogen and oxygen atoms in total. The summed E-state index contributed by atoms with van der Waals surface area (Å²) in [7, 11) is -8.83. The van der Waals surface area contributed by atoms with E-state index in [1.807, 2.05) is 0 Å². The number of benzene rings is 3. The number of pyridine rings is 1. The Bertz CT molecular complexity index is 1880. The third-order valence-electron chi connectivity index (χ3n) is 6.42. The van der Waals surface area contributed by atoms with Gasteiger partial charge in [0.15, 0.2) is 18.3 Å². The van der Waals surface area contributed by atoms with E-state index in [4.69, 9.17) is 4.74 Å². The molecule has 0 aliphatic heterocycles. The average molecular weight is 636 g/mol. The van der Waals surface area contributed by atoms with E-state index in [0.29, 0.717) is 12.1 Å². The van der Waals surface area contributed by atoms with Crippen molar-refractivity contribution in [3.05, 3.63) is 90.1 Å². The maximum absolute atomic E-state index is 13.7. The molecule has 0 saturated carbocycles. The zero-order chi connectivity index (χ0) is 31.6. The van der Waals surface area contributed by atoms with E-state index < -0.39 is 43.4 Å². The Morgan fingerprint density at radius 3 is 1.91 bits per heavy atom. The molecule has 0 radical (unpaired) electrons. The minimum atomic E-state index is -4.65. The maximum atomic E-state index is 13.7. The number of anilines is 2. The smallest absolute Gasteiger partial charge is 0.416 e. The number of fused-ring (bicyclic) bond motifs is 1. The topological polar surface area (TPSA) is 131 Å². The molecule has 0 spiro atoms. The largest absolute Gasteiger partial charge is 0.445 e. The van der Waals surface area contributed by atoms with E-state index >= 15 is 0 Å². The highest BCUT2D eigenvalue weighted by molar-refractivity contribution is 7.93. The van der Waals surface area contributed by atoms with Gasteiger partial charge in [-0.25, -0.2) is 26.1 Å². The number of ketones is 1. The lowest BCUT2D eigenvalue weighted by molar-refractivity contribution is -0.137. The maximum Gasteiger partial charge on any atom is 0.416 e. The van der Waals surface area contributed by atoms with Crippen molar-refractivity contribution in [1.82, 2.24) is 4.98 Å². The summed E-state index contributed by atoms with van der Waals surface area (Å²) in [6.07, 6.45) is -3.54. The molecule has 3 aromatic carbocycles. The number of Topliss-reactive ketones (excluding diaryl/α,β-unsaturated/α-hetero) is 1. The van der Waals surface area contributed by atoms with Crippen molar-refractivity contribution in [1.29, 1.82) is 0 Å². The summed E-state index contributed by atoms with van der Waals surface area (Å²) in [5, 5.41) is 0.405. The predicted octanol–water partition coefficient (Wildman–Crippen LogP) is 5.00. The lowest BCUT2D eigenvalue weighted by atomic mass is 10.1. The first kappa shape index (κ1) is 31.4. The summed E-state index contributed by atoms with van der Waals surface area (Å²) in [4.78, 5) is 26.3. The summed E-state index contributed by atoms with van der Waals surface area (Å²) in [6.45, 7) is 1.96. The second-order valence-corrected chi connectivity index (χ2v) is 12.8. The monoisotopic (exact) mass is 635 g/mol. The zero-order valence-corrected chi connectivity index (χ0v) is 24.3. The molecule has 0 bridgehead atoms. The van der Waals surface area contributed by atoms with Crippen molar-refractivity contribution in [2.45, 2.75) is 29.8 Å². The molecule has 43 heavy (non-hydrogen) atoms. The quantitative estimate of drug-likeness (QED) is 0.128. The molecule has 0 fully saturated rings. The Labute approximate surface area is 245 Å². The molecule has 0 unspecified atom stereocenters. The van der Waals surface area contributed by atoms with Crippen molar-refractivity contribution in [2.24, 2.45) is 0 Å². The van der Waals surface area contributed by atoms with E-state index in [1.54, 1.807) is 12.1 Å². The summed E-state index contributed by atoms with van der Waals surface area (Å²) >= 11 is 0. The van der Waals surface area contributed by atoms with Gasteiger partial charge in [0.25, 0.3) is 26.5 Å². The first-order valence-electron chi connectivity index (χ1n) is 12.5. The van der Waals surface area contributed by atoms with Gasteiger partial charge in [-0.15, -0.1) is 0 Å². The fourth-order valence-corrected chi connectivity index (χ4v) is 7.09. The Kier molecular flexibility index (Phi) is 8.78. The molecule has 1 aromatic heterocycles. The summed E-state index contributed by atoms with van der Waals surface area (Å²) in [5.74, 6) is -0.472. The number of ether oxygens (including phenoxy) is 1. The van der Waals surface area contributed by atoms with Gasteiger partial charge in [-0.3, -0.25) is 13.9 Å². The third-order valence-corrected chi connectivity index (χ3v) is 10.1. The number of hydrogen-bond donors (Lipinski definition) is 0. The number of carbonyl (C=O) groups is 2. The van der Waals surface area contributed by atoms with Crippen LogP contribution < -0.4 is 8.61 Å². The number of aromatic nitrogens is 1. The normalized spacial score (nSPS) is 12.1. The van der Waals surface area contributed by atoms with Crippen molar-refractivity contribution >= 4 is 54.6 Å². The minimum Gasteiger partial charge on any atom is -0.445 e. The van der Waals surface area contributed by atoms with Crippen LogP contribution in [0.4, 0.5) is 24.7 Å². The van der Waals surface area contributed by atoms with E-state index in [9.17, 15) is 39.6 Å². The molecule has 0 amide bonds. The second-order valence-electron chi connectivity index (χ2n) is 9.03. The molecular formula is C28H24F3N3O7S2. The predicted molar refractivity (Wildman–Crippen MR) is 152 cm³/mol. The van der Waals surface area contributed by atoms with Crippen LogP contribution in [-0.4, -0.2) is 47.4 Å². The SMILES string of the molecule is CCN(c1cnc(N(COC=O)S(=O)(=O)c2ccc(C(C)=O)cc2)c2ccccc12)S(=O)(=O)c1ccc(C(F)(F)F)cc1. The Morgan fingerprint density at radius 1 is 0.860 bits per heavy atom. The van der Waals surface area contributed by atoms with Crippen molar-refractivity contribution in [2.75, 3.05) is 21.9 Å². The molecule has 1 heterocycles. The van der Waals surface area contributed by atoms with Crippen LogP contribution in [-0.2, 0) is 35.8 Å². The van der Waals surface area contributed by atoms with Gasteiger partial charge in [-0.1, -0.05) is 36.4 Å². The molecular weight excluding hydrogens is 611 g/mol. The highest BCUT2D eigenvalue weighted by atomic mass is 32.2. The highest BCUT2D eigenvalue weighted by Crippen LogP contribution is 2.37. The number of nitrogens with zero attached hydrogens (tertiary/aromatic N) is 3. The van der Waals surface area contributed by atoms with Gasteiger partial charge in [0, 0.05) is 22.9 Å². The van der Waals surface area contributed by atoms with Crippen LogP contribution in [0, 0.1) is 0 Å². The first-order valence-corrected chi connectivity index (χ1v) is 15.4. The summed E-state index contributed by atoms with van der Waals surface area (Å²) in [6, 6.07) is 14.3. The lowest BCUT2D eigenvalue weighted by Gasteiger charge is -2.27. The molecule has 0 atom stereocenters. The fraction of sp³-hybridized carbons (Fsp3) is 0.179. The molecule has 226 valence electrons. The Balaban J connectivity index is 1.85. The first-order chi connectivity index (χ1) is 20.2. The van der Waals surface area contributed by atoms with E-state index in [0.717, 1.165) is 26.9 Å². The highest BCUT2D eigenvalue weighted by Gasteiger charge is 2.33. The van der Waals surface area contributed by atoms with Gasteiger partial charge < -0.3 is 4.74 Å². The van der Waals surface area contributed by atoms with Crippen LogP contribution in [0.25, 0.3) is 10.8 Å². The average Bonchev–Trinajstić information content (AvgIpc) is 2.98. The van der Waals surface area contributed by atoms with Crippen LogP contribution in [0.1, 0.15) is 29.8 Å². The third kappa shape index (κ3) is 6.17. The molecule has 4 aromatic rings. The van der Waals surface area contributed by atoms with Crippen LogP contribution in [0.3, 0.4) is 0 Å². The number of alkyl halides is 3. The molecule has 0 saturated heterocycles. The Hall–Kier alpha value is -4.50. The fourth-order valence-electron chi connectivity index (χ4n) is 4.30. The second kappa shape index (κ2) is 12.0.